The lowest BCUT2D eigenvalue weighted by Gasteiger charge is -2.14. The van der Waals surface area contributed by atoms with E-state index in [1.165, 1.54) is 23.6 Å². The van der Waals surface area contributed by atoms with Crippen LogP contribution in [-0.4, -0.2) is 33.2 Å². The maximum absolute atomic E-state index is 12.5. The van der Waals surface area contributed by atoms with Crippen LogP contribution >= 0.6 is 23.1 Å². The number of H-pyrrole nitrogens is 1. The molecule has 2 atom stereocenters. The number of fused-ring (bicyclic) bond motifs is 3. The Hall–Kier alpha value is -1.87. The molecule has 0 fully saturated rings. The van der Waals surface area contributed by atoms with E-state index < -0.39 is 23.2 Å². The number of hydrogen-bond donors (Lipinski definition) is 2. The van der Waals surface area contributed by atoms with E-state index in [1.807, 2.05) is 0 Å². The largest absolute Gasteiger partial charge is 0.452 e. The third-order valence-corrected chi connectivity index (χ3v) is 6.69. The number of primary amides is 1. The van der Waals surface area contributed by atoms with Gasteiger partial charge in [0.05, 0.1) is 11.1 Å². The fraction of sp³-hybridized carbons (Fsp3) is 0.529. The number of rotatable bonds is 6. The number of carbonyl (C=O) groups excluding carboxylic acids is 2. The number of carbonyl (C=O) groups is 2. The number of aromatic amines is 1. The summed E-state index contributed by atoms with van der Waals surface area (Å²) in [5, 5.41) is 0.218. The van der Waals surface area contributed by atoms with Crippen molar-refractivity contribution in [2.24, 2.45) is 5.73 Å². The van der Waals surface area contributed by atoms with Gasteiger partial charge in [0.2, 0.25) is 0 Å². The molecule has 3 rings (SSSR count). The standard InChI is InChI=1S/C17H21N3O4S2/c1-8(14(18)21)24-17(23)9(2)25-7-12-19-15(22)13-10-5-3-4-6-11(10)26-16(13)20-12/h8-9H,3-7H2,1-2H3,(H2,18,21)(H,19,20,22)/t8-,9-/m1/s1. The number of thioether (sulfide) groups is 1. The molecule has 0 saturated heterocycles. The van der Waals surface area contributed by atoms with Crippen LogP contribution in [0.1, 0.15) is 43.0 Å². The third-order valence-electron chi connectivity index (χ3n) is 4.37. The number of amides is 1. The van der Waals surface area contributed by atoms with Crippen molar-refractivity contribution in [3.63, 3.8) is 0 Å². The maximum atomic E-state index is 12.5. The molecular weight excluding hydrogens is 374 g/mol. The van der Waals surface area contributed by atoms with Crippen molar-refractivity contribution in [1.29, 1.82) is 0 Å². The molecule has 0 radical (unpaired) electrons. The summed E-state index contributed by atoms with van der Waals surface area (Å²) >= 11 is 2.89. The van der Waals surface area contributed by atoms with Crippen molar-refractivity contribution in [2.75, 3.05) is 0 Å². The second kappa shape index (κ2) is 7.79. The Morgan fingerprint density at radius 2 is 2.08 bits per heavy atom. The monoisotopic (exact) mass is 395 g/mol. The molecular formula is C17H21N3O4S2. The zero-order valence-electron chi connectivity index (χ0n) is 14.7. The van der Waals surface area contributed by atoms with Crippen LogP contribution in [0.4, 0.5) is 0 Å². The molecule has 140 valence electrons. The van der Waals surface area contributed by atoms with Gasteiger partial charge in [0.25, 0.3) is 11.5 Å². The number of nitrogens with zero attached hydrogens (tertiary/aromatic N) is 1. The molecule has 2 aromatic rings. The number of ether oxygens (including phenoxy) is 1. The van der Waals surface area contributed by atoms with Crippen LogP contribution in [0.15, 0.2) is 4.79 Å². The van der Waals surface area contributed by atoms with Crippen molar-refractivity contribution < 1.29 is 14.3 Å². The smallest absolute Gasteiger partial charge is 0.319 e. The number of hydrogen-bond acceptors (Lipinski definition) is 7. The number of nitrogens with one attached hydrogen (secondary N) is 1. The number of esters is 1. The van der Waals surface area contributed by atoms with Crippen molar-refractivity contribution in [3.8, 4) is 0 Å². The Morgan fingerprint density at radius 1 is 1.35 bits per heavy atom. The van der Waals surface area contributed by atoms with E-state index >= 15 is 0 Å². The Labute approximate surface area is 158 Å². The molecule has 0 saturated carbocycles. The number of thiophene rings is 1. The minimum atomic E-state index is -0.961. The molecule has 1 aliphatic carbocycles. The molecule has 0 unspecified atom stereocenters. The minimum absolute atomic E-state index is 0.109. The van der Waals surface area contributed by atoms with Crippen molar-refractivity contribution in [2.45, 2.75) is 56.6 Å². The van der Waals surface area contributed by atoms with Crippen LogP contribution < -0.4 is 11.3 Å². The summed E-state index contributed by atoms with van der Waals surface area (Å²) < 4.78 is 4.99. The molecule has 26 heavy (non-hydrogen) atoms. The average Bonchev–Trinajstić information content (AvgIpc) is 2.98. The highest BCUT2D eigenvalue weighted by atomic mass is 32.2. The van der Waals surface area contributed by atoms with Gasteiger partial charge in [-0.15, -0.1) is 23.1 Å². The van der Waals surface area contributed by atoms with Gasteiger partial charge in [0, 0.05) is 4.88 Å². The topological polar surface area (TPSA) is 115 Å². The van der Waals surface area contributed by atoms with Gasteiger partial charge >= 0.3 is 5.97 Å². The summed E-state index contributed by atoms with van der Waals surface area (Å²) in [4.78, 5) is 44.9. The highest BCUT2D eigenvalue weighted by molar-refractivity contribution is 7.99. The van der Waals surface area contributed by atoms with Crippen LogP contribution in [0.5, 0.6) is 0 Å². The van der Waals surface area contributed by atoms with Crippen LogP contribution in [0.3, 0.4) is 0 Å². The lowest BCUT2D eigenvalue weighted by atomic mass is 9.97. The Kier molecular flexibility index (Phi) is 5.67. The van der Waals surface area contributed by atoms with Gasteiger partial charge in [-0.05, 0) is 45.1 Å². The van der Waals surface area contributed by atoms with Gasteiger partial charge in [-0.1, -0.05) is 0 Å². The van der Waals surface area contributed by atoms with E-state index in [9.17, 15) is 14.4 Å². The lowest BCUT2D eigenvalue weighted by Crippen LogP contribution is -2.33. The Balaban J connectivity index is 1.70. The van der Waals surface area contributed by atoms with E-state index in [0.717, 1.165) is 41.5 Å². The average molecular weight is 396 g/mol. The first-order valence-corrected chi connectivity index (χ1v) is 10.4. The third kappa shape index (κ3) is 3.93. The van der Waals surface area contributed by atoms with Crippen LogP contribution in [0.25, 0.3) is 10.2 Å². The van der Waals surface area contributed by atoms with Crippen molar-refractivity contribution >= 4 is 45.2 Å². The number of nitrogens with two attached hydrogens (primary N) is 1. The molecule has 0 bridgehead atoms. The zero-order valence-corrected chi connectivity index (χ0v) is 16.3. The minimum Gasteiger partial charge on any atom is -0.452 e. The van der Waals surface area contributed by atoms with Crippen molar-refractivity contribution in [3.05, 3.63) is 26.6 Å². The number of aryl methyl sites for hydroxylation is 2. The lowest BCUT2D eigenvalue weighted by molar-refractivity contribution is -0.152. The zero-order chi connectivity index (χ0) is 18.8. The maximum Gasteiger partial charge on any atom is 0.319 e. The van der Waals surface area contributed by atoms with Crippen LogP contribution in [0, 0.1) is 0 Å². The summed E-state index contributed by atoms with van der Waals surface area (Å²) in [7, 11) is 0. The molecule has 0 aliphatic heterocycles. The van der Waals surface area contributed by atoms with Gasteiger partial charge in [-0.3, -0.25) is 14.4 Å². The summed E-state index contributed by atoms with van der Waals surface area (Å²) in [5.74, 6) is -0.298. The quantitative estimate of drug-likeness (QED) is 0.722. The molecule has 2 aromatic heterocycles. The molecule has 1 aliphatic rings. The van der Waals surface area contributed by atoms with E-state index in [1.54, 1.807) is 18.3 Å². The summed E-state index contributed by atoms with van der Waals surface area (Å²) in [5.41, 5.74) is 6.13. The fourth-order valence-electron chi connectivity index (χ4n) is 2.88. The van der Waals surface area contributed by atoms with E-state index in [2.05, 4.69) is 9.97 Å². The summed E-state index contributed by atoms with van der Waals surface area (Å²) in [6.45, 7) is 3.12. The first kappa shape index (κ1) is 18.9. The molecule has 3 N–H and O–H groups in total. The van der Waals surface area contributed by atoms with Crippen LogP contribution in [-0.2, 0) is 32.9 Å². The molecule has 0 spiro atoms. The second-order valence-corrected chi connectivity index (χ2v) is 8.75. The van der Waals surface area contributed by atoms with Gasteiger partial charge in [0.1, 0.15) is 15.9 Å². The summed E-state index contributed by atoms with van der Waals surface area (Å²) in [6, 6.07) is 0. The van der Waals surface area contributed by atoms with Gasteiger partial charge in [-0.2, -0.15) is 0 Å². The van der Waals surface area contributed by atoms with Gasteiger partial charge < -0.3 is 15.5 Å². The molecule has 2 heterocycles. The van der Waals surface area contributed by atoms with Crippen molar-refractivity contribution in [1.82, 2.24) is 9.97 Å². The first-order chi connectivity index (χ1) is 12.4. The molecule has 0 aromatic carbocycles. The molecule has 1 amide bonds. The molecule has 9 heteroatoms. The normalized spacial score (nSPS) is 16.1. The second-order valence-electron chi connectivity index (χ2n) is 6.34. The SMILES string of the molecule is C[C@@H](OC(=O)[C@@H](C)SCc1nc2sc3c(c2c(=O)[nH]1)CCCC3)C(N)=O. The molecule has 7 nitrogen and oxygen atoms in total. The Morgan fingerprint density at radius 3 is 2.81 bits per heavy atom. The van der Waals surface area contributed by atoms with E-state index in [-0.39, 0.29) is 5.56 Å². The highest BCUT2D eigenvalue weighted by Crippen LogP contribution is 2.33. The Bertz CT molecular complexity index is 905. The fourth-order valence-corrected chi connectivity index (χ4v) is 4.89. The van der Waals surface area contributed by atoms with Gasteiger partial charge in [0.15, 0.2) is 6.10 Å². The van der Waals surface area contributed by atoms with Crippen LogP contribution in [0.2, 0.25) is 0 Å². The first-order valence-electron chi connectivity index (χ1n) is 8.51. The predicted octanol–water partition coefficient (Wildman–Crippen LogP) is 1.90. The number of aromatic nitrogens is 2. The summed E-state index contributed by atoms with van der Waals surface area (Å²) in [6.07, 6.45) is 3.26. The van der Waals surface area contributed by atoms with E-state index in [4.69, 9.17) is 10.5 Å². The predicted molar refractivity (Wildman–Crippen MR) is 102 cm³/mol. The van der Waals surface area contributed by atoms with E-state index in [0.29, 0.717) is 11.6 Å². The van der Waals surface area contributed by atoms with Gasteiger partial charge in [-0.25, -0.2) is 4.98 Å². The highest BCUT2D eigenvalue weighted by Gasteiger charge is 2.22.